The van der Waals surface area contributed by atoms with Crippen molar-refractivity contribution in [1.29, 1.82) is 0 Å². The molecular weight excluding hydrogens is 314 g/mol. The van der Waals surface area contributed by atoms with Crippen LogP contribution in [-0.4, -0.2) is 0 Å². The molecule has 0 fully saturated rings. The fraction of sp³-hybridized carbons (Fsp3) is 0. The molecule has 0 aliphatic rings. The van der Waals surface area contributed by atoms with E-state index in [0.29, 0.717) is 0 Å². The first-order valence-corrected chi connectivity index (χ1v) is 5.96. The van der Waals surface area contributed by atoms with Crippen LogP contribution in [0.15, 0.2) is 49.0 Å². The van der Waals surface area contributed by atoms with Gasteiger partial charge in [-0.25, -0.2) is 4.39 Å². The van der Waals surface area contributed by atoms with Gasteiger partial charge in [-0.1, -0.05) is 36.9 Å². The van der Waals surface area contributed by atoms with Gasteiger partial charge in [0.2, 0.25) is 0 Å². The maximum absolute atomic E-state index is 12.8. The lowest BCUT2D eigenvalue weighted by Crippen LogP contribution is -1.83. The molecule has 0 unspecified atom stereocenters. The van der Waals surface area contributed by atoms with Crippen LogP contribution in [-0.2, 0) is 0 Å². The third kappa shape index (κ3) is 2.32. The Balaban J connectivity index is 2.45. The van der Waals surface area contributed by atoms with Crippen molar-refractivity contribution in [2.45, 2.75) is 0 Å². The highest BCUT2D eigenvalue weighted by atomic mass is 127. The highest BCUT2D eigenvalue weighted by Crippen LogP contribution is 2.24. The Morgan fingerprint density at radius 2 is 1.62 bits per heavy atom. The molecular formula is C14H10FI. The molecule has 0 radical (unpaired) electrons. The Hall–Kier alpha value is -1.16. The average molecular weight is 324 g/mol. The molecule has 0 aliphatic heterocycles. The van der Waals surface area contributed by atoms with Crippen LogP contribution in [0.2, 0.25) is 0 Å². The summed E-state index contributed by atoms with van der Waals surface area (Å²) in [4.78, 5) is 0. The first kappa shape index (κ1) is 11.3. The van der Waals surface area contributed by atoms with Crippen molar-refractivity contribution in [2.24, 2.45) is 0 Å². The Morgan fingerprint density at radius 1 is 1.00 bits per heavy atom. The van der Waals surface area contributed by atoms with Gasteiger partial charge in [-0.2, -0.15) is 0 Å². The molecule has 2 heteroatoms. The standard InChI is InChI=1S/C14H10FI/c1-2-10-3-4-12(9-14(10)16)11-5-7-13(15)8-6-11/h2-9H,1H2. The Labute approximate surface area is 108 Å². The van der Waals surface area contributed by atoms with Crippen molar-refractivity contribution >= 4 is 28.7 Å². The van der Waals surface area contributed by atoms with Crippen LogP contribution in [0.1, 0.15) is 5.56 Å². The highest BCUT2D eigenvalue weighted by Gasteiger charge is 2.01. The second-order valence-corrected chi connectivity index (χ2v) is 4.61. The topological polar surface area (TPSA) is 0 Å². The summed E-state index contributed by atoms with van der Waals surface area (Å²) in [6.07, 6.45) is 1.83. The Bertz CT molecular complexity index is 515. The van der Waals surface area contributed by atoms with Crippen molar-refractivity contribution in [2.75, 3.05) is 0 Å². The second kappa shape index (κ2) is 4.78. The molecule has 0 saturated carbocycles. The molecule has 0 saturated heterocycles. The van der Waals surface area contributed by atoms with Crippen LogP contribution in [0, 0.1) is 9.39 Å². The zero-order valence-corrected chi connectivity index (χ0v) is 10.7. The lowest BCUT2D eigenvalue weighted by Gasteiger charge is -2.04. The van der Waals surface area contributed by atoms with Crippen molar-refractivity contribution in [3.63, 3.8) is 0 Å². The monoisotopic (exact) mass is 324 g/mol. The summed E-state index contributed by atoms with van der Waals surface area (Å²) in [5.74, 6) is -0.207. The van der Waals surface area contributed by atoms with Crippen LogP contribution in [0.4, 0.5) is 4.39 Å². The fourth-order valence-electron chi connectivity index (χ4n) is 1.51. The number of hydrogen-bond donors (Lipinski definition) is 0. The number of halogens is 2. The third-order valence-corrected chi connectivity index (χ3v) is 3.33. The molecule has 0 aliphatic carbocycles. The zero-order chi connectivity index (χ0) is 11.5. The van der Waals surface area contributed by atoms with E-state index in [1.165, 1.54) is 12.1 Å². The molecule has 0 nitrogen and oxygen atoms in total. The molecule has 0 bridgehead atoms. The molecule has 0 atom stereocenters. The fourth-order valence-corrected chi connectivity index (χ4v) is 2.25. The summed E-state index contributed by atoms with van der Waals surface area (Å²) >= 11 is 2.27. The number of benzene rings is 2. The maximum Gasteiger partial charge on any atom is 0.123 e. The number of rotatable bonds is 2. The summed E-state index contributed by atoms with van der Waals surface area (Å²) in [7, 11) is 0. The van der Waals surface area contributed by atoms with Gasteiger partial charge in [-0.15, -0.1) is 0 Å². The maximum atomic E-state index is 12.8. The summed E-state index contributed by atoms with van der Waals surface area (Å²) in [5.41, 5.74) is 3.23. The first-order chi connectivity index (χ1) is 7.70. The van der Waals surface area contributed by atoms with Gasteiger partial charge in [0.25, 0.3) is 0 Å². The van der Waals surface area contributed by atoms with Gasteiger partial charge in [0.15, 0.2) is 0 Å². The van der Waals surface area contributed by atoms with E-state index in [-0.39, 0.29) is 5.82 Å². The van der Waals surface area contributed by atoms with E-state index in [9.17, 15) is 4.39 Å². The van der Waals surface area contributed by atoms with Crippen LogP contribution >= 0.6 is 22.6 Å². The van der Waals surface area contributed by atoms with E-state index >= 15 is 0 Å². The average Bonchev–Trinajstić information content (AvgIpc) is 2.30. The van der Waals surface area contributed by atoms with Crippen LogP contribution in [0.5, 0.6) is 0 Å². The van der Waals surface area contributed by atoms with E-state index in [4.69, 9.17) is 0 Å². The zero-order valence-electron chi connectivity index (χ0n) is 8.58. The van der Waals surface area contributed by atoms with Gasteiger partial charge in [-0.3, -0.25) is 0 Å². The summed E-state index contributed by atoms with van der Waals surface area (Å²) < 4.78 is 13.9. The molecule has 0 heterocycles. The largest absolute Gasteiger partial charge is 0.207 e. The van der Waals surface area contributed by atoms with Crippen LogP contribution in [0.3, 0.4) is 0 Å². The Morgan fingerprint density at radius 3 is 2.19 bits per heavy atom. The Kier molecular flexibility index (Phi) is 3.39. The lowest BCUT2D eigenvalue weighted by molar-refractivity contribution is 0.628. The minimum absolute atomic E-state index is 0.207. The van der Waals surface area contributed by atoms with Gasteiger partial charge >= 0.3 is 0 Å². The van der Waals surface area contributed by atoms with Crippen molar-refractivity contribution in [3.05, 3.63) is 64.0 Å². The van der Waals surface area contributed by atoms with Gasteiger partial charge in [0, 0.05) is 3.57 Å². The number of hydrogen-bond acceptors (Lipinski definition) is 0. The minimum atomic E-state index is -0.207. The second-order valence-electron chi connectivity index (χ2n) is 3.45. The van der Waals surface area contributed by atoms with Crippen LogP contribution < -0.4 is 0 Å². The quantitative estimate of drug-likeness (QED) is 0.700. The summed E-state index contributed by atoms with van der Waals surface area (Å²) in [6.45, 7) is 3.75. The van der Waals surface area contributed by atoms with E-state index in [1.807, 2.05) is 18.2 Å². The van der Waals surface area contributed by atoms with Gasteiger partial charge < -0.3 is 0 Å². The van der Waals surface area contributed by atoms with Crippen molar-refractivity contribution in [1.82, 2.24) is 0 Å². The smallest absolute Gasteiger partial charge is 0.123 e. The van der Waals surface area contributed by atoms with E-state index in [1.54, 1.807) is 12.1 Å². The third-order valence-electron chi connectivity index (χ3n) is 2.40. The van der Waals surface area contributed by atoms with Crippen molar-refractivity contribution < 1.29 is 4.39 Å². The molecule has 2 aromatic carbocycles. The molecule has 0 N–H and O–H groups in total. The predicted octanol–water partition coefficient (Wildman–Crippen LogP) is 4.74. The molecule has 80 valence electrons. The SMILES string of the molecule is C=Cc1ccc(-c2ccc(F)cc2)cc1I. The van der Waals surface area contributed by atoms with E-state index in [0.717, 1.165) is 20.3 Å². The first-order valence-electron chi connectivity index (χ1n) is 4.88. The normalized spacial score (nSPS) is 10.1. The summed E-state index contributed by atoms with van der Waals surface area (Å²) in [5, 5.41) is 0. The van der Waals surface area contributed by atoms with E-state index < -0.39 is 0 Å². The predicted molar refractivity (Wildman–Crippen MR) is 74.6 cm³/mol. The van der Waals surface area contributed by atoms with Gasteiger partial charge in [-0.05, 0) is 57.5 Å². The van der Waals surface area contributed by atoms with E-state index in [2.05, 4.69) is 35.2 Å². The molecule has 2 aromatic rings. The highest BCUT2D eigenvalue weighted by molar-refractivity contribution is 14.1. The summed E-state index contributed by atoms with van der Waals surface area (Å²) in [6, 6.07) is 12.6. The van der Waals surface area contributed by atoms with Gasteiger partial charge in [0.1, 0.15) is 5.82 Å². The minimum Gasteiger partial charge on any atom is -0.207 e. The molecule has 0 spiro atoms. The van der Waals surface area contributed by atoms with Gasteiger partial charge in [0.05, 0.1) is 0 Å². The molecule has 0 aromatic heterocycles. The van der Waals surface area contributed by atoms with Crippen LogP contribution in [0.25, 0.3) is 17.2 Å². The molecule has 0 amide bonds. The molecule has 2 rings (SSSR count). The lowest BCUT2D eigenvalue weighted by atomic mass is 10.0. The van der Waals surface area contributed by atoms with Crippen molar-refractivity contribution in [3.8, 4) is 11.1 Å². The molecule has 16 heavy (non-hydrogen) atoms.